The molecule has 0 fully saturated rings. The van der Waals surface area contributed by atoms with Crippen molar-refractivity contribution in [2.75, 3.05) is 13.2 Å². The molecule has 3 N–H and O–H groups in total. The normalized spacial score (nSPS) is 18.0. The van der Waals surface area contributed by atoms with Crippen molar-refractivity contribution in [2.45, 2.75) is 13.0 Å². The predicted molar refractivity (Wildman–Crippen MR) is 30.2 cm³/mol. The van der Waals surface area contributed by atoms with E-state index in [1.165, 1.54) is 0 Å². The number of alkyl halides is 1. The Balaban J connectivity index is 3.29. The minimum Gasteiger partial charge on any atom is -0.390 e. The van der Waals surface area contributed by atoms with Gasteiger partial charge in [-0.3, -0.25) is 0 Å². The van der Waals surface area contributed by atoms with Crippen LogP contribution in [0.15, 0.2) is 0 Å². The number of aliphatic hydroxyl groups excluding tert-OH is 1. The van der Waals surface area contributed by atoms with Gasteiger partial charge in [0.1, 0.15) is 6.67 Å². The first-order valence-electron chi connectivity index (χ1n) is 2.66. The monoisotopic (exact) mass is 121 g/mol. The number of halogens is 1. The van der Waals surface area contributed by atoms with Gasteiger partial charge in [-0.25, -0.2) is 4.39 Å². The Morgan fingerprint density at radius 2 is 2.25 bits per heavy atom. The van der Waals surface area contributed by atoms with Crippen molar-refractivity contribution in [2.24, 2.45) is 11.7 Å². The lowest BCUT2D eigenvalue weighted by Crippen LogP contribution is -2.26. The zero-order chi connectivity index (χ0) is 6.57. The summed E-state index contributed by atoms with van der Waals surface area (Å²) in [4.78, 5) is 0. The molecule has 3 heteroatoms. The Labute approximate surface area is 48.5 Å². The molecule has 0 aliphatic rings. The second-order valence-electron chi connectivity index (χ2n) is 1.93. The molecule has 50 valence electrons. The molecule has 0 amide bonds. The Morgan fingerprint density at radius 3 is 2.38 bits per heavy atom. The van der Waals surface area contributed by atoms with E-state index in [1.54, 1.807) is 6.92 Å². The van der Waals surface area contributed by atoms with Crippen LogP contribution in [0.25, 0.3) is 0 Å². The van der Waals surface area contributed by atoms with Crippen molar-refractivity contribution in [1.82, 2.24) is 0 Å². The van der Waals surface area contributed by atoms with Gasteiger partial charge >= 0.3 is 0 Å². The highest BCUT2D eigenvalue weighted by molar-refractivity contribution is 4.62. The highest BCUT2D eigenvalue weighted by Crippen LogP contribution is 1.99. The van der Waals surface area contributed by atoms with Gasteiger partial charge in [0.05, 0.1) is 6.10 Å². The van der Waals surface area contributed by atoms with Crippen molar-refractivity contribution in [3.8, 4) is 0 Å². The molecule has 0 saturated heterocycles. The van der Waals surface area contributed by atoms with Crippen LogP contribution in [0.3, 0.4) is 0 Å². The summed E-state index contributed by atoms with van der Waals surface area (Å²) in [6.07, 6.45) is -0.875. The Morgan fingerprint density at radius 1 is 1.75 bits per heavy atom. The maximum Gasteiger partial charge on any atom is 0.116 e. The molecule has 2 nitrogen and oxygen atoms in total. The van der Waals surface area contributed by atoms with Crippen molar-refractivity contribution >= 4 is 0 Å². The van der Waals surface area contributed by atoms with Crippen LogP contribution in [-0.4, -0.2) is 24.4 Å². The molecule has 8 heavy (non-hydrogen) atoms. The summed E-state index contributed by atoms with van der Waals surface area (Å²) in [7, 11) is 0. The summed E-state index contributed by atoms with van der Waals surface area (Å²) in [6, 6.07) is 0. The lowest BCUT2D eigenvalue weighted by molar-refractivity contribution is 0.0919. The number of hydrogen-bond donors (Lipinski definition) is 2. The fourth-order valence-corrected chi connectivity index (χ4v) is 0.309. The average molecular weight is 121 g/mol. The van der Waals surface area contributed by atoms with E-state index in [-0.39, 0.29) is 5.92 Å². The molecule has 2 atom stereocenters. The van der Waals surface area contributed by atoms with Gasteiger partial charge in [-0.15, -0.1) is 0 Å². The fraction of sp³-hybridized carbons (Fsp3) is 1.00. The third-order valence-corrected chi connectivity index (χ3v) is 1.19. The molecule has 0 radical (unpaired) electrons. The van der Waals surface area contributed by atoms with Gasteiger partial charge in [-0.1, -0.05) is 6.92 Å². The maximum atomic E-state index is 11.5. The van der Waals surface area contributed by atoms with Crippen LogP contribution < -0.4 is 5.73 Å². The van der Waals surface area contributed by atoms with Crippen LogP contribution in [0.4, 0.5) is 4.39 Å². The van der Waals surface area contributed by atoms with E-state index in [0.29, 0.717) is 6.54 Å². The second-order valence-corrected chi connectivity index (χ2v) is 1.93. The van der Waals surface area contributed by atoms with Gasteiger partial charge in [0.2, 0.25) is 0 Å². The first kappa shape index (κ1) is 7.85. The van der Waals surface area contributed by atoms with Gasteiger partial charge < -0.3 is 10.8 Å². The predicted octanol–water partition coefficient (Wildman–Crippen LogP) is -0.0884. The zero-order valence-electron chi connectivity index (χ0n) is 4.97. The fourth-order valence-electron chi connectivity index (χ4n) is 0.309. The van der Waals surface area contributed by atoms with Gasteiger partial charge in [0.15, 0.2) is 0 Å². The SMILES string of the molecule is CC(CN)[C@H](O)CF. The topological polar surface area (TPSA) is 46.2 Å². The summed E-state index contributed by atoms with van der Waals surface area (Å²) < 4.78 is 11.5. The first-order valence-corrected chi connectivity index (χ1v) is 2.66. The Bertz CT molecular complexity index is 52.4. The summed E-state index contributed by atoms with van der Waals surface area (Å²) in [5.41, 5.74) is 5.12. The zero-order valence-corrected chi connectivity index (χ0v) is 4.97. The van der Waals surface area contributed by atoms with Gasteiger partial charge in [-0.05, 0) is 12.5 Å². The van der Waals surface area contributed by atoms with E-state index < -0.39 is 12.8 Å². The molecule has 0 rings (SSSR count). The highest BCUT2D eigenvalue weighted by Gasteiger charge is 2.10. The summed E-state index contributed by atoms with van der Waals surface area (Å²) in [5.74, 6) is -0.125. The van der Waals surface area contributed by atoms with E-state index in [1.807, 2.05) is 0 Å². The highest BCUT2D eigenvalue weighted by atomic mass is 19.1. The van der Waals surface area contributed by atoms with Gasteiger partial charge in [0, 0.05) is 0 Å². The van der Waals surface area contributed by atoms with E-state index >= 15 is 0 Å². The largest absolute Gasteiger partial charge is 0.390 e. The summed E-state index contributed by atoms with van der Waals surface area (Å²) >= 11 is 0. The summed E-state index contributed by atoms with van der Waals surface area (Å²) in [6.45, 7) is 1.35. The van der Waals surface area contributed by atoms with Gasteiger partial charge in [-0.2, -0.15) is 0 Å². The molecule has 0 aliphatic carbocycles. The number of hydrogen-bond acceptors (Lipinski definition) is 2. The molecule has 0 bridgehead atoms. The van der Waals surface area contributed by atoms with Crippen LogP contribution in [0, 0.1) is 5.92 Å². The van der Waals surface area contributed by atoms with Crippen LogP contribution in [0.1, 0.15) is 6.92 Å². The molecule has 0 aromatic carbocycles. The van der Waals surface area contributed by atoms with E-state index in [0.717, 1.165) is 0 Å². The molecule has 0 aromatic rings. The van der Waals surface area contributed by atoms with Crippen LogP contribution in [0.2, 0.25) is 0 Å². The van der Waals surface area contributed by atoms with Crippen molar-refractivity contribution in [1.29, 1.82) is 0 Å². The molecule has 1 unspecified atom stereocenters. The van der Waals surface area contributed by atoms with E-state index in [2.05, 4.69) is 0 Å². The molecule has 0 saturated carbocycles. The van der Waals surface area contributed by atoms with Crippen molar-refractivity contribution in [3.63, 3.8) is 0 Å². The van der Waals surface area contributed by atoms with E-state index in [4.69, 9.17) is 10.8 Å². The van der Waals surface area contributed by atoms with Crippen molar-refractivity contribution < 1.29 is 9.50 Å². The van der Waals surface area contributed by atoms with Gasteiger partial charge in [0.25, 0.3) is 0 Å². The Kier molecular flexibility index (Phi) is 3.73. The third-order valence-electron chi connectivity index (χ3n) is 1.19. The lowest BCUT2D eigenvalue weighted by Gasteiger charge is -2.11. The Hall–Kier alpha value is -0.150. The molecule has 0 heterocycles. The first-order chi connectivity index (χ1) is 3.72. The lowest BCUT2D eigenvalue weighted by atomic mass is 10.1. The molecular formula is C5H12FNO. The number of nitrogens with two attached hydrogens (primary N) is 1. The smallest absolute Gasteiger partial charge is 0.116 e. The van der Waals surface area contributed by atoms with Crippen LogP contribution in [0.5, 0.6) is 0 Å². The molecule has 0 spiro atoms. The third kappa shape index (κ3) is 2.23. The molecule has 0 aliphatic heterocycles. The quantitative estimate of drug-likeness (QED) is 0.548. The summed E-state index contributed by atoms with van der Waals surface area (Å²) in [5, 5.41) is 8.67. The standard InChI is InChI=1S/C5H12FNO/c1-4(3-7)5(8)2-6/h4-5,8H,2-3,7H2,1H3/t4?,5-/m1/s1. The van der Waals surface area contributed by atoms with Crippen molar-refractivity contribution in [3.05, 3.63) is 0 Å². The number of aliphatic hydroxyl groups is 1. The second kappa shape index (κ2) is 3.80. The van der Waals surface area contributed by atoms with Crippen LogP contribution >= 0.6 is 0 Å². The molecular weight excluding hydrogens is 109 g/mol. The minimum absolute atomic E-state index is 0.125. The van der Waals surface area contributed by atoms with E-state index in [9.17, 15) is 4.39 Å². The minimum atomic E-state index is -0.875. The van der Waals surface area contributed by atoms with Crippen LogP contribution in [-0.2, 0) is 0 Å². The maximum absolute atomic E-state index is 11.5. The number of rotatable bonds is 3. The molecule has 0 aromatic heterocycles. The average Bonchev–Trinajstić information content (AvgIpc) is 1.84.